The van der Waals surface area contributed by atoms with E-state index < -0.39 is 0 Å². The van der Waals surface area contributed by atoms with Crippen LogP contribution in [0.5, 0.6) is 5.75 Å². The zero-order valence-electron chi connectivity index (χ0n) is 22.2. The summed E-state index contributed by atoms with van der Waals surface area (Å²) < 4.78 is 19.5. The molecule has 3 heteroatoms. The number of hydrogen-bond acceptors (Lipinski definition) is 3. The van der Waals surface area contributed by atoms with Gasteiger partial charge in [-0.2, -0.15) is 0 Å². The first-order chi connectivity index (χ1) is 15.4. The third-order valence-corrected chi connectivity index (χ3v) is 12.0. The Labute approximate surface area is 202 Å². The summed E-state index contributed by atoms with van der Waals surface area (Å²) >= 11 is 0. The van der Waals surface area contributed by atoms with Gasteiger partial charge >= 0.3 is 0 Å². The predicted molar refractivity (Wildman–Crippen MR) is 133 cm³/mol. The van der Waals surface area contributed by atoms with E-state index in [4.69, 9.17) is 14.2 Å². The van der Waals surface area contributed by atoms with Crippen molar-refractivity contribution in [2.45, 2.75) is 111 Å². The largest absolute Gasteiger partial charge is 0.497 e. The Bertz CT molecular complexity index is 873. The SMILES string of the molecule is COc1ccc([C@@H](O[C@H]2CC3CCC2(C)C3(C)C)[C@H](C)O[C@H]2CC3CCC2(C)C3(C)C)cc1. The van der Waals surface area contributed by atoms with Gasteiger partial charge in [0.15, 0.2) is 0 Å². The van der Waals surface area contributed by atoms with E-state index in [0.717, 1.165) is 17.6 Å². The van der Waals surface area contributed by atoms with Gasteiger partial charge in [0, 0.05) is 0 Å². The highest BCUT2D eigenvalue weighted by Gasteiger charge is 2.64. The Hall–Kier alpha value is -1.06. The zero-order chi connectivity index (χ0) is 23.8. The van der Waals surface area contributed by atoms with Crippen LogP contribution < -0.4 is 4.74 Å². The minimum absolute atomic E-state index is 0.0150. The van der Waals surface area contributed by atoms with Gasteiger partial charge in [-0.3, -0.25) is 0 Å². The lowest BCUT2D eigenvalue weighted by atomic mass is 9.70. The predicted octanol–water partition coefficient (Wildman–Crippen LogP) is 7.59. The summed E-state index contributed by atoms with van der Waals surface area (Å²) in [7, 11) is 1.73. The zero-order valence-corrected chi connectivity index (χ0v) is 22.2. The Morgan fingerprint density at radius 1 is 0.758 bits per heavy atom. The number of rotatable bonds is 7. The molecule has 1 aromatic carbocycles. The van der Waals surface area contributed by atoms with Gasteiger partial charge in [0.1, 0.15) is 11.9 Å². The number of benzene rings is 1. The number of hydrogen-bond donors (Lipinski definition) is 0. The average Bonchev–Trinajstić information content (AvgIpc) is 3.29. The van der Waals surface area contributed by atoms with E-state index in [0.29, 0.717) is 16.9 Å². The fourth-order valence-electron chi connectivity index (χ4n) is 8.43. The highest BCUT2D eigenvalue weighted by atomic mass is 16.6. The van der Waals surface area contributed by atoms with Crippen molar-refractivity contribution in [3.8, 4) is 5.75 Å². The normalized spacial score (nSPS) is 41.9. The van der Waals surface area contributed by atoms with Crippen molar-refractivity contribution in [1.29, 1.82) is 0 Å². The van der Waals surface area contributed by atoms with Crippen LogP contribution in [0.15, 0.2) is 24.3 Å². The smallest absolute Gasteiger partial charge is 0.118 e. The van der Waals surface area contributed by atoms with Crippen LogP contribution in [0.3, 0.4) is 0 Å². The molecule has 0 spiro atoms. The van der Waals surface area contributed by atoms with Crippen molar-refractivity contribution in [2.75, 3.05) is 7.11 Å². The third-order valence-electron chi connectivity index (χ3n) is 12.0. The molecule has 4 aliphatic carbocycles. The molecule has 0 saturated heterocycles. The third kappa shape index (κ3) is 3.28. The molecular weight excluding hydrogens is 408 g/mol. The van der Waals surface area contributed by atoms with Gasteiger partial charge in [-0.15, -0.1) is 0 Å². The first-order valence-corrected chi connectivity index (χ1v) is 13.4. The summed E-state index contributed by atoms with van der Waals surface area (Å²) in [4.78, 5) is 0. The van der Waals surface area contributed by atoms with E-state index in [1.165, 1.54) is 44.1 Å². The molecule has 0 amide bonds. The van der Waals surface area contributed by atoms with Crippen LogP contribution in [0.4, 0.5) is 0 Å². The Kier molecular flexibility index (Phi) is 5.54. The van der Waals surface area contributed by atoms with Crippen molar-refractivity contribution >= 4 is 0 Å². The van der Waals surface area contributed by atoms with E-state index >= 15 is 0 Å². The molecule has 0 heterocycles. The van der Waals surface area contributed by atoms with Crippen molar-refractivity contribution in [1.82, 2.24) is 0 Å². The molecule has 4 unspecified atom stereocenters. The molecule has 0 aromatic heterocycles. The maximum atomic E-state index is 7.11. The Morgan fingerprint density at radius 2 is 1.24 bits per heavy atom. The fourth-order valence-corrected chi connectivity index (χ4v) is 8.43. The van der Waals surface area contributed by atoms with Crippen LogP contribution in [0.1, 0.15) is 98.7 Å². The van der Waals surface area contributed by atoms with Crippen molar-refractivity contribution in [3.63, 3.8) is 0 Å². The van der Waals surface area contributed by atoms with Gasteiger partial charge in [0.25, 0.3) is 0 Å². The summed E-state index contributed by atoms with van der Waals surface area (Å²) in [6.07, 6.45) is 8.20. The summed E-state index contributed by atoms with van der Waals surface area (Å²) in [5, 5.41) is 0. The number of methoxy groups -OCH3 is 1. The van der Waals surface area contributed by atoms with E-state index in [-0.39, 0.29) is 29.1 Å². The Morgan fingerprint density at radius 3 is 1.64 bits per heavy atom. The van der Waals surface area contributed by atoms with Crippen LogP contribution in [0, 0.1) is 33.5 Å². The molecule has 1 aromatic rings. The minimum atomic E-state index is -0.0567. The first kappa shape index (κ1) is 23.7. The van der Waals surface area contributed by atoms with Crippen molar-refractivity contribution < 1.29 is 14.2 Å². The summed E-state index contributed by atoms with van der Waals surface area (Å²) in [6, 6.07) is 8.48. The molecule has 4 fully saturated rings. The van der Waals surface area contributed by atoms with Crippen LogP contribution in [0.25, 0.3) is 0 Å². The summed E-state index contributed by atoms with van der Waals surface area (Å²) in [6.45, 7) is 17.1. The lowest BCUT2D eigenvalue weighted by Gasteiger charge is -2.43. The van der Waals surface area contributed by atoms with Crippen LogP contribution in [-0.2, 0) is 9.47 Å². The van der Waals surface area contributed by atoms with Crippen LogP contribution in [0.2, 0.25) is 0 Å². The molecule has 8 atom stereocenters. The molecule has 33 heavy (non-hydrogen) atoms. The van der Waals surface area contributed by atoms with E-state index in [1.807, 2.05) is 0 Å². The monoisotopic (exact) mass is 454 g/mol. The quantitative estimate of drug-likeness (QED) is 0.425. The van der Waals surface area contributed by atoms with E-state index in [9.17, 15) is 0 Å². The number of fused-ring (bicyclic) bond motifs is 4. The molecule has 4 aliphatic rings. The lowest BCUT2D eigenvalue weighted by Crippen LogP contribution is -2.42. The van der Waals surface area contributed by atoms with Crippen LogP contribution >= 0.6 is 0 Å². The van der Waals surface area contributed by atoms with Crippen molar-refractivity contribution in [2.24, 2.45) is 33.5 Å². The topological polar surface area (TPSA) is 27.7 Å². The second kappa shape index (κ2) is 7.72. The van der Waals surface area contributed by atoms with Gasteiger partial charge in [-0.1, -0.05) is 53.7 Å². The van der Waals surface area contributed by atoms with Gasteiger partial charge in [0.2, 0.25) is 0 Å². The first-order valence-electron chi connectivity index (χ1n) is 13.4. The molecule has 4 bridgehead atoms. The van der Waals surface area contributed by atoms with Gasteiger partial charge in [-0.25, -0.2) is 0 Å². The average molecular weight is 455 g/mol. The minimum Gasteiger partial charge on any atom is -0.497 e. The second-order valence-corrected chi connectivity index (χ2v) is 13.4. The second-order valence-electron chi connectivity index (χ2n) is 13.4. The maximum Gasteiger partial charge on any atom is 0.118 e. The van der Waals surface area contributed by atoms with Gasteiger partial charge < -0.3 is 14.2 Å². The maximum absolute atomic E-state index is 7.11. The van der Waals surface area contributed by atoms with E-state index in [2.05, 4.69) is 72.7 Å². The van der Waals surface area contributed by atoms with Crippen molar-refractivity contribution in [3.05, 3.63) is 29.8 Å². The fraction of sp³-hybridized carbons (Fsp3) is 0.800. The van der Waals surface area contributed by atoms with Crippen LogP contribution in [-0.4, -0.2) is 25.4 Å². The molecular formula is C30H46O3. The molecule has 0 N–H and O–H groups in total. The molecule has 0 aliphatic heterocycles. The summed E-state index contributed by atoms with van der Waals surface area (Å²) in [5.74, 6) is 2.44. The lowest BCUT2D eigenvalue weighted by molar-refractivity contribution is -0.168. The molecule has 4 saturated carbocycles. The summed E-state index contributed by atoms with van der Waals surface area (Å²) in [5.41, 5.74) is 2.41. The van der Waals surface area contributed by atoms with Gasteiger partial charge in [-0.05, 0) is 96.6 Å². The molecule has 3 nitrogen and oxygen atoms in total. The van der Waals surface area contributed by atoms with Gasteiger partial charge in [0.05, 0.1) is 25.4 Å². The van der Waals surface area contributed by atoms with E-state index in [1.54, 1.807) is 7.11 Å². The Balaban J connectivity index is 1.40. The highest BCUT2D eigenvalue weighted by molar-refractivity contribution is 5.29. The molecule has 5 rings (SSSR count). The molecule has 184 valence electrons. The number of ether oxygens (including phenoxy) is 3. The molecule has 0 radical (unpaired) electrons. The standard InChI is InChI=1S/C30H46O3/c1-19(32-24-17-21-13-15-29(24,6)27(21,2)3)26(20-9-11-23(31-8)12-10-20)33-25-18-22-14-16-30(25,7)28(22,4)5/h9-12,19,21-22,24-26H,13-18H2,1-8H3/t19-,21?,22?,24-,25-,26-,29?,30?/m0/s1. The highest BCUT2D eigenvalue weighted by Crippen LogP contribution is 2.68.